The van der Waals surface area contributed by atoms with Crippen LogP contribution in [0.15, 0.2) is 60.7 Å². The van der Waals surface area contributed by atoms with Crippen molar-refractivity contribution in [3.8, 4) is 21.6 Å². The molecule has 6 heteroatoms. The number of methoxy groups -OCH3 is 2. The molecule has 1 fully saturated rings. The molecule has 1 aromatic heterocycles. The number of hydrogen-bond donors (Lipinski definition) is 0. The second-order valence-electron chi connectivity index (χ2n) is 8.28. The third-order valence-electron chi connectivity index (χ3n) is 6.70. The van der Waals surface area contributed by atoms with Crippen LogP contribution in [-0.4, -0.2) is 38.7 Å². The van der Waals surface area contributed by atoms with E-state index in [0.717, 1.165) is 51.5 Å². The second-order valence-corrected chi connectivity index (χ2v) is 9.30. The van der Waals surface area contributed by atoms with Crippen LogP contribution in [0.25, 0.3) is 21.6 Å². The van der Waals surface area contributed by atoms with E-state index in [0.29, 0.717) is 0 Å². The van der Waals surface area contributed by atoms with Crippen molar-refractivity contribution in [3.05, 3.63) is 65.5 Å². The van der Waals surface area contributed by atoms with E-state index >= 15 is 0 Å². The minimum absolute atomic E-state index is 0.0205. The third-order valence-corrected chi connectivity index (χ3v) is 8.10. The fraction of sp³-hybridized carbons (Fsp3) is 0.308. The van der Waals surface area contributed by atoms with Crippen LogP contribution in [0.5, 0.6) is 0 Å². The molecule has 0 N–H and O–H groups in total. The quantitative estimate of drug-likeness (QED) is 0.513. The first-order chi connectivity index (χ1) is 15.6. The maximum absolute atomic E-state index is 13.4. The Bertz CT molecular complexity index is 1160. The molecule has 3 heterocycles. The monoisotopic (exact) mass is 447 g/mol. The molecule has 164 valence electrons. The van der Waals surface area contributed by atoms with Crippen molar-refractivity contribution in [2.45, 2.75) is 30.7 Å². The molecule has 5 nitrogen and oxygen atoms in total. The Morgan fingerprint density at radius 3 is 2.28 bits per heavy atom. The number of nitrogens with zero attached hydrogens (tertiary/aromatic N) is 1. The molecule has 0 radical (unpaired) electrons. The lowest BCUT2D eigenvalue weighted by atomic mass is 9.76. The average molecular weight is 448 g/mol. The molecule has 0 saturated carbocycles. The number of carbonyl (C=O) groups is 2. The summed E-state index contributed by atoms with van der Waals surface area (Å²) in [6.07, 6.45) is 1.78. The summed E-state index contributed by atoms with van der Waals surface area (Å²) in [5.41, 5.74) is 3.33. The van der Waals surface area contributed by atoms with Crippen LogP contribution >= 0.6 is 11.3 Å². The van der Waals surface area contributed by atoms with Gasteiger partial charge in [0.2, 0.25) is 0 Å². The van der Waals surface area contributed by atoms with Gasteiger partial charge in [0.1, 0.15) is 5.41 Å². The molecule has 0 aliphatic carbocycles. The Hall–Kier alpha value is -3.12. The molecular weight excluding hydrogens is 422 g/mol. The molecule has 3 aromatic rings. The smallest absolute Gasteiger partial charge is 0.319 e. The number of rotatable bonds is 5. The topological polar surface area (TPSA) is 55.8 Å². The van der Waals surface area contributed by atoms with Crippen LogP contribution in [0, 0.1) is 0 Å². The van der Waals surface area contributed by atoms with Crippen molar-refractivity contribution in [3.63, 3.8) is 0 Å². The molecule has 0 bridgehead atoms. The number of esters is 2. The maximum atomic E-state index is 13.4. The summed E-state index contributed by atoms with van der Waals surface area (Å²) >= 11 is 1.61. The first kappa shape index (κ1) is 20.8. The minimum atomic E-state index is -1.06. The van der Waals surface area contributed by atoms with E-state index < -0.39 is 11.4 Å². The first-order valence-corrected chi connectivity index (χ1v) is 11.6. The predicted octanol–water partition coefficient (Wildman–Crippen LogP) is 5.04. The second kappa shape index (κ2) is 8.10. The van der Waals surface area contributed by atoms with Crippen LogP contribution in [-0.2, 0) is 24.5 Å². The van der Waals surface area contributed by atoms with Gasteiger partial charge in [0.05, 0.1) is 32.4 Å². The molecule has 0 spiro atoms. The third kappa shape index (κ3) is 2.97. The maximum Gasteiger partial charge on any atom is 0.319 e. The summed E-state index contributed by atoms with van der Waals surface area (Å²) in [5, 5.41) is 0. The highest BCUT2D eigenvalue weighted by Gasteiger charge is 2.61. The number of carbonyl (C=O) groups excluding carboxylic acids is 2. The zero-order valence-corrected chi connectivity index (χ0v) is 19.0. The number of anilines is 1. The summed E-state index contributed by atoms with van der Waals surface area (Å²) < 4.78 is 10.4. The number of benzene rings is 2. The zero-order valence-electron chi connectivity index (χ0n) is 18.2. The Morgan fingerprint density at radius 1 is 1.00 bits per heavy atom. The van der Waals surface area contributed by atoms with E-state index in [1.807, 2.05) is 36.4 Å². The highest BCUT2D eigenvalue weighted by molar-refractivity contribution is 7.17. The van der Waals surface area contributed by atoms with E-state index in [1.165, 1.54) is 14.2 Å². The lowest BCUT2D eigenvalue weighted by Crippen LogP contribution is -2.49. The van der Waals surface area contributed by atoms with Gasteiger partial charge in [0, 0.05) is 21.9 Å². The molecular formula is C26H25NO4S. The molecule has 32 heavy (non-hydrogen) atoms. The van der Waals surface area contributed by atoms with Gasteiger partial charge in [-0.1, -0.05) is 60.7 Å². The van der Waals surface area contributed by atoms with Gasteiger partial charge < -0.3 is 14.4 Å². The van der Waals surface area contributed by atoms with Gasteiger partial charge in [0.25, 0.3) is 0 Å². The van der Waals surface area contributed by atoms with Gasteiger partial charge in [-0.2, -0.15) is 0 Å². The summed E-state index contributed by atoms with van der Waals surface area (Å²) in [7, 11) is 2.78. The molecule has 2 atom stereocenters. The summed E-state index contributed by atoms with van der Waals surface area (Å²) in [6, 6.07) is 20.4. The van der Waals surface area contributed by atoms with Crippen molar-refractivity contribution in [2.24, 2.45) is 0 Å². The highest BCUT2D eigenvalue weighted by Crippen LogP contribution is 2.61. The van der Waals surface area contributed by atoms with E-state index in [2.05, 4.69) is 29.2 Å². The van der Waals surface area contributed by atoms with Gasteiger partial charge in [-0.3, -0.25) is 9.59 Å². The normalized spacial score (nSPS) is 21.2. The molecule has 2 unspecified atom stereocenters. The Kier molecular flexibility index (Phi) is 5.25. The van der Waals surface area contributed by atoms with Crippen LogP contribution in [0.3, 0.4) is 0 Å². The molecule has 2 aromatic carbocycles. The molecule has 5 rings (SSSR count). The van der Waals surface area contributed by atoms with Crippen LogP contribution in [0.4, 0.5) is 5.69 Å². The lowest BCUT2D eigenvalue weighted by molar-refractivity contribution is -0.154. The minimum Gasteiger partial charge on any atom is -0.469 e. The van der Waals surface area contributed by atoms with Crippen molar-refractivity contribution < 1.29 is 19.1 Å². The number of ether oxygens (including phenoxy) is 2. The van der Waals surface area contributed by atoms with Gasteiger partial charge >= 0.3 is 11.9 Å². The van der Waals surface area contributed by atoms with Crippen molar-refractivity contribution in [1.29, 1.82) is 0 Å². The fourth-order valence-corrected chi connectivity index (χ4v) is 6.91. The lowest BCUT2D eigenvalue weighted by Gasteiger charge is -2.32. The zero-order chi connectivity index (χ0) is 22.3. The molecule has 1 saturated heterocycles. The van der Waals surface area contributed by atoms with E-state index in [-0.39, 0.29) is 18.4 Å². The number of thiophene rings is 1. The first-order valence-electron chi connectivity index (χ1n) is 10.8. The van der Waals surface area contributed by atoms with Gasteiger partial charge in [-0.15, -0.1) is 11.3 Å². The molecule has 2 aliphatic heterocycles. The van der Waals surface area contributed by atoms with Crippen LogP contribution < -0.4 is 4.90 Å². The Morgan fingerprint density at radius 2 is 1.66 bits per heavy atom. The summed E-state index contributed by atoms with van der Waals surface area (Å²) in [4.78, 5) is 30.4. The summed E-state index contributed by atoms with van der Waals surface area (Å²) in [6.45, 7) is 0.850. The SMILES string of the molecule is COC(=O)CC1(C(=O)OC)c2sc(-c3ccccc3)c(-c3ccccc3)c2N2CCCC21. The van der Waals surface area contributed by atoms with E-state index in [1.54, 1.807) is 11.3 Å². The number of fused-ring (bicyclic) bond motifs is 3. The van der Waals surface area contributed by atoms with E-state index in [9.17, 15) is 9.59 Å². The van der Waals surface area contributed by atoms with Crippen molar-refractivity contribution in [2.75, 3.05) is 25.7 Å². The van der Waals surface area contributed by atoms with Gasteiger partial charge in [-0.05, 0) is 24.0 Å². The molecule has 2 aliphatic rings. The fourth-order valence-electron chi connectivity index (χ4n) is 5.34. The van der Waals surface area contributed by atoms with Crippen molar-refractivity contribution >= 4 is 29.0 Å². The molecule has 0 amide bonds. The van der Waals surface area contributed by atoms with Crippen LogP contribution in [0.2, 0.25) is 0 Å². The Balaban J connectivity index is 1.83. The van der Waals surface area contributed by atoms with E-state index in [4.69, 9.17) is 9.47 Å². The average Bonchev–Trinajstić information content (AvgIpc) is 3.53. The van der Waals surface area contributed by atoms with Gasteiger partial charge in [0.15, 0.2) is 0 Å². The largest absolute Gasteiger partial charge is 0.469 e. The summed E-state index contributed by atoms with van der Waals surface area (Å²) in [5.74, 6) is -0.759. The number of hydrogen-bond acceptors (Lipinski definition) is 6. The van der Waals surface area contributed by atoms with Crippen LogP contribution in [0.1, 0.15) is 24.1 Å². The predicted molar refractivity (Wildman–Crippen MR) is 126 cm³/mol. The van der Waals surface area contributed by atoms with Gasteiger partial charge in [-0.25, -0.2) is 0 Å². The standard InChI is InChI=1S/C26H25NO4S/c1-30-20(28)16-26(25(29)31-2)19-14-9-15-27(19)22-21(17-10-5-3-6-11-17)23(32-24(22)26)18-12-7-4-8-13-18/h3-8,10-13,19H,9,14-16H2,1-2H3. The Labute approximate surface area is 191 Å². The highest BCUT2D eigenvalue weighted by atomic mass is 32.1. The van der Waals surface area contributed by atoms with Crippen molar-refractivity contribution in [1.82, 2.24) is 0 Å².